The topological polar surface area (TPSA) is 127 Å². The zero-order valence-corrected chi connectivity index (χ0v) is 19.6. The molecule has 0 saturated heterocycles. The van der Waals surface area contributed by atoms with Crippen molar-refractivity contribution in [1.29, 1.82) is 0 Å². The molecule has 0 spiro atoms. The Morgan fingerprint density at radius 3 is 2.55 bits per heavy atom. The molecule has 1 aliphatic rings. The number of rotatable bonds is 6. The number of ether oxygens (including phenoxy) is 2. The summed E-state index contributed by atoms with van der Waals surface area (Å²) in [4.78, 5) is 40.8. The van der Waals surface area contributed by atoms with E-state index in [2.05, 4.69) is 20.4 Å². The second-order valence-corrected chi connectivity index (χ2v) is 8.25. The largest absolute Gasteiger partial charge is 0.573 e. The molecule has 3 N–H and O–H groups in total. The van der Waals surface area contributed by atoms with E-state index in [9.17, 15) is 37.1 Å². The number of nitrogens with zero attached hydrogens (tertiary/aromatic N) is 1. The lowest BCUT2D eigenvalue weighted by atomic mass is 9.81. The van der Waals surface area contributed by atoms with E-state index in [1.807, 2.05) is 0 Å². The molecule has 38 heavy (non-hydrogen) atoms. The summed E-state index contributed by atoms with van der Waals surface area (Å²) >= 11 is 0. The van der Waals surface area contributed by atoms with Gasteiger partial charge in [-0.1, -0.05) is 6.07 Å². The van der Waals surface area contributed by atoms with Crippen molar-refractivity contribution in [3.05, 3.63) is 82.9 Å². The molecule has 0 fully saturated rings. The zero-order valence-electron chi connectivity index (χ0n) is 19.6. The SMILES string of the molecule is CC(=O)Nc1cc(C(=O)NC2(c3ccc(OC(F)(F)F)c(F)c3)CCOc3cccnc32)ccc1C(=O)O. The van der Waals surface area contributed by atoms with Crippen LogP contribution >= 0.6 is 0 Å². The van der Waals surface area contributed by atoms with Crippen LogP contribution in [0.4, 0.5) is 23.2 Å². The van der Waals surface area contributed by atoms with Crippen LogP contribution in [0.3, 0.4) is 0 Å². The minimum atomic E-state index is -5.12. The number of aromatic carboxylic acids is 1. The number of nitrogens with one attached hydrogen (secondary N) is 2. The number of fused-ring (bicyclic) bond motifs is 1. The number of hydrogen-bond acceptors (Lipinski definition) is 6. The minimum absolute atomic E-state index is 0.0213. The molecule has 1 aliphatic heterocycles. The molecular formula is C25H19F4N3O6. The molecule has 0 radical (unpaired) electrons. The number of benzene rings is 2. The fraction of sp³-hybridized carbons (Fsp3) is 0.200. The van der Waals surface area contributed by atoms with Gasteiger partial charge >= 0.3 is 12.3 Å². The average Bonchev–Trinajstić information content (AvgIpc) is 2.84. The molecule has 0 bridgehead atoms. The molecule has 2 amide bonds. The van der Waals surface area contributed by atoms with Gasteiger partial charge in [0.25, 0.3) is 5.91 Å². The molecule has 1 unspecified atom stereocenters. The quantitative estimate of drug-likeness (QED) is 0.405. The summed E-state index contributed by atoms with van der Waals surface area (Å²) in [5.74, 6) is -4.79. The lowest BCUT2D eigenvalue weighted by molar-refractivity contribution is -0.275. The normalized spacial score (nSPS) is 16.6. The number of carboxylic acids is 1. The first-order chi connectivity index (χ1) is 17.9. The van der Waals surface area contributed by atoms with Gasteiger partial charge in [-0.25, -0.2) is 9.18 Å². The van der Waals surface area contributed by atoms with Gasteiger partial charge in [-0.3, -0.25) is 14.6 Å². The van der Waals surface area contributed by atoms with Crippen LogP contribution in [0.1, 0.15) is 45.3 Å². The van der Waals surface area contributed by atoms with Crippen LogP contribution in [0.15, 0.2) is 54.7 Å². The summed E-state index contributed by atoms with van der Waals surface area (Å²) in [5, 5.41) is 14.5. The zero-order chi connectivity index (χ0) is 27.7. The van der Waals surface area contributed by atoms with E-state index in [4.69, 9.17) is 4.74 Å². The molecule has 4 rings (SSSR count). The van der Waals surface area contributed by atoms with E-state index in [-0.39, 0.29) is 46.8 Å². The Kier molecular flexibility index (Phi) is 6.94. The average molecular weight is 533 g/mol. The molecule has 1 aromatic heterocycles. The Labute approximate surface area is 212 Å². The molecule has 9 nitrogen and oxygen atoms in total. The summed E-state index contributed by atoms with van der Waals surface area (Å²) in [5.41, 5.74) is -1.76. The highest BCUT2D eigenvalue weighted by Gasteiger charge is 2.43. The fourth-order valence-electron chi connectivity index (χ4n) is 4.14. The molecule has 0 aliphatic carbocycles. The van der Waals surface area contributed by atoms with Gasteiger partial charge in [-0.15, -0.1) is 13.2 Å². The maximum atomic E-state index is 14.8. The Bertz CT molecular complexity index is 1430. The molecule has 198 valence electrons. The van der Waals surface area contributed by atoms with Gasteiger partial charge < -0.3 is 25.2 Å². The molecule has 2 heterocycles. The number of amides is 2. The van der Waals surface area contributed by atoms with Crippen LogP contribution in [0.2, 0.25) is 0 Å². The predicted octanol–water partition coefficient (Wildman–Crippen LogP) is 4.23. The van der Waals surface area contributed by atoms with Crippen LogP contribution in [0, 0.1) is 5.82 Å². The van der Waals surface area contributed by atoms with E-state index in [0.717, 1.165) is 24.3 Å². The first-order valence-electron chi connectivity index (χ1n) is 11.0. The molecule has 1 atom stereocenters. The highest BCUT2D eigenvalue weighted by atomic mass is 19.4. The molecule has 0 saturated carbocycles. The van der Waals surface area contributed by atoms with Gasteiger partial charge in [0.1, 0.15) is 17.0 Å². The second kappa shape index (κ2) is 10.00. The van der Waals surface area contributed by atoms with Gasteiger partial charge in [0.15, 0.2) is 11.6 Å². The van der Waals surface area contributed by atoms with Crippen molar-refractivity contribution < 1.29 is 46.5 Å². The number of carboxylic acid groups (broad SMARTS) is 1. The van der Waals surface area contributed by atoms with Crippen LogP contribution in [0.25, 0.3) is 0 Å². The maximum Gasteiger partial charge on any atom is 0.573 e. The Morgan fingerprint density at radius 2 is 1.89 bits per heavy atom. The number of alkyl halides is 3. The number of pyridine rings is 1. The van der Waals surface area contributed by atoms with Crippen LogP contribution in [-0.2, 0) is 10.3 Å². The number of carbonyl (C=O) groups is 3. The van der Waals surface area contributed by atoms with E-state index in [1.165, 1.54) is 25.3 Å². The molecular weight excluding hydrogens is 514 g/mol. The van der Waals surface area contributed by atoms with Crippen molar-refractivity contribution in [3.63, 3.8) is 0 Å². The van der Waals surface area contributed by atoms with E-state index >= 15 is 0 Å². The minimum Gasteiger partial charge on any atom is -0.491 e. The summed E-state index contributed by atoms with van der Waals surface area (Å²) in [6, 6.07) is 9.42. The van der Waals surface area contributed by atoms with Crippen molar-refractivity contribution in [1.82, 2.24) is 10.3 Å². The van der Waals surface area contributed by atoms with Gasteiger partial charge in [0, 0.05) is 25.1 Å². The standard InChI is InChI=1S/C25H19F4N3O6/c1-13(33)31-18-11-14(4-6-16(18)23(35)36)22(34)32-24(8-10-37-20-3-2-9-30-21(20)24)15-5-7-19(17(26)12-15)38-25(27,28)29/h2-7,9,11-12H,8,10H2,1H3,(H,31,33)(H,32,34)(H,35,36). The molecule has 2 aromatic carbocycles. The summed E-state index contributed by atoms with van der Waals surface area (Å²) in [6.45, 7) is 1.20. The third kappa shape index (κ3) is 5.36. The predicted molar refractivity (Wildman–Crippen MR) is 123 cm³/mol. The van der Waals surface area contributed by atoms with Gasteiger partial charge in [-0.05, 0) is 48.0 Å². The Morgan fingerprint density at radius 1 is 1.13 bits per heavy atom. The van der Waals surface area contributed by atoms with Crippen LogP contribution in [0.5, 0.6) is 11.5 Å². The summed E-state index contributed by atoms with van der Waals surface area (Å²) < 4.78 is 62.1. The van der Waals surface area contributed by atoms with Gasteiger partial charge in [0.05, 0.1) is 17.9 Å². The summed E-state index contributed by atoms with van der Waals surface area (Å²) in [6.07, 6.45) is -3.69. The van der Waals surface area contributed by atoms with E-state index in [1.54, 1.807) is 12.1 Å². The number of anilines is 1. The monoisotopic (exact) mass is 533 g/mol. The first kappa shape index (κ1) is 26.4. The van der Waals surface area contributed by atoms with Crippen molar-refractivity contribution in [2.75, 3.05) is 11.9 Å². The maximum absolute atomic E-state index is 14.8. The Balaban J connectivity index is 1.80. The highest BCUT2D eigenvalue weighted by molar-refractivity contribution is 6.03. The molecule has 13 heteroatoms. The first-order valence-corrected chi connectivity index (χ1v) is 11.0. The highest BCUT2D eigenvalue weighted by Crippen LogP contribution is 2.42. The van der Waals surface area contributed by atoms with Crippen LogP contribution in [-0.4, -0.2) is 40.8 Å². The summed E-state index contributed by atoms with van der Waals surface area (Å²) in [7, 11) is 0. The van der Waals surface area contributed by atoms with Crippen LogP contribution < -0.4 is 20.1 Å². The fourth-order valence-corrected chi connectivity index (χ4v) is 4.14. The number of aromatic nitrogens is 1. The van der Waals surface area contributed by atoms with Crippen molar-refractivity contribution >= 4 is 23.5 Å². The smallest absolute Gasteiger partial charge is 0.491 e. The third-order valence-electron chi connectivity index (χ3n) is 5.71. The van der Waals surface area contributed by atoms with E-state index < -0.39 is 41.3 Å². The third-order valence-corrected chi connectivity index (χ3v) is 5.71. The van der Waals surface area contributed by atoms with Gasteiger partial charge in [-0.2, -0.15) is 0 Å². The van der Waals surface area contributed by atoms with Crippen molar-refractivity contribution in [3.8, 4) is 11.5 Å². The van der Waals surface area contributed by atoms with Gasteiger partial charge in [0.2, 0.25) is 5.91 Å². The van der Waals surface area contributed by atoms with Crippen molar-refractivity contribution in [2.45, 2.75) is 25.2 Å². The van der Waals surface area contributed by atoms with Crippen molar-refractivity contribution in [2.24, 2.45) is 0 Å². The Hall–Kier alpha value is -4.68. The lowest BCUT2D eigenvalue weighted by Gasteiger charge is -2.39. The number of hydrogen-bond donors (Lipinski definition) is 3. The lowest BCUT2D eigenvalue weighted by Crippen LogP contribution is -2.50. The number of halogens is 4. The number of carbonyl (C=O) groups excluding carboxylic acids is 2. The molecule has 3 aromatic rings. The van der Waals surface area contributed by atoms with E-state index in [0.29, 0.717) is 0 Å². The second-order valence-electron chi connectivity index (χ2n) is 8.25.